The van der Waals surface area contributed by atoms with Crippen LogP contribution in [-0.2, 0) is 6.42 Å². The van der Waals surface area contributed by atoms with Crippen LogP contribution in [0.1, 0.15) is 16.7 Å². The van der Waals surface area contributed by atoms with E-state index in [1.54, 1.807) is 0 Å². The lowest BCUT2D eigenvalue weighted by molar-refractivity contribution is 1.18. The van der Waals surface area contributed by atoms with E-state index < -0.39 is 0 Å². The van der Waals surface area contributed by atoms with Crippen LogP contribution in [0.3, 0.4) is 0 Å². The Morgan fingerprint density at radius 2 is 2.17 bits per heavy atom. The van der Waals surface area contributed by atoms with Crippen LogP contribution in [0.2, 0.25) is 0 Å². The lowest BCUT2D eigenvalue weighted by Gasteiger charge is -2.06. The van der Waals surface area contributed by atoms with Gasteiger partial charge in [0.2, 0.25) is 0 Å². The first-order valence-corrected chi connectivity index (χ1v) is 6.21. The zero-order valence-corrected chi connectivity index (χ0v) is 11.0. The highest BCUT2D eigenvalue weighted by atomic mass is 79.9. The van der Waals surface area contributed by atoms with Crippen molar-refractivity contribution >= 4 is 21.7 Å². The number of aromatic nitrogens is 1. The summed E-state index contributed by atoms with van der Waals surface area (Å²) < 4.78 is 1.05. The number of hydrogen-bond donors (Lipinski definition) is 2. The van der Waals surface area contributed by atoms with Crippen LogP contribution < -0.4 is 11.3 Å². The molecule has 4 nitrogen and oxygen atoms in total. The average molecular weight is 301 g/mol. The van der Waals surface area contributed by atoms with Gasteiger partial charge in [-0.2, -0.15) is 5.26 Å². The van der Waals surface area contributed by atoms with E-state index in [9.17, 15) is 0 Å². The highest BCUT2D eigenvalue weighted by Gasteiger charge is 2.22. The number of nitriles is 1. The molecule has 0 unspecified atom stereocenters. The van der Waals surface area contributed by atoms with Gasteiger partial charge in [0.05, 0.1) is 11.3 Å². The van der Waals surface area contributed by atoms with Crippen LogP contribution >= 0.6 is 15.9 Å². The zero-order chi connectivity index (χ0) is 12.7. The molecular formula is C13H9BrN4. The van der Waals surface area contributed by atoms with Gasteiger partial charge >= 0.3 is 0 Å². The minimum Gasteiger partial charge on any atom is -0.307 e. The molecule has 0 aliphatic heterocycles. The fourth-order valence-corrected chi connectivity index (χ4v) is 2.67. The molecule has 3 N–H and O–H groups in total. The number of hydrogen-bond acceptors (Lipinski definition) is 4. The molecule has 0 radical (unpaired) electrons. The summed E-state index contributed by atoms with van der Waals surface area (Å²) in [6.07, 6.45) is 0.802. The number of rotatable bonds is 1. The van der Waals surface area contributed by atoms with Gasteiger partial charge < -0.3 is 5.43 Å². The molecule has 2 aromatic rings. The van der Waals surface area contributed by atoms with Gasteiger partial charge in [0, 0.05) is 16.5 Å². The van der Waals surface area contributed by atoms with Gasteiger partial charge in [-0.15, -0.1) is 0 Å². The highest BCUT2D eigenvalue weighted by Crippen LogP contribution is 2.38. The van der Waals surface area contributed by atoms with Crippen LogP contribution in [0.5, 0.6) is 0 Å². The molecule has 88 valence electrons. The molecular weight excluding hydrogens is 292 g/mol. The Morgan fingerprint density at radius 3 is 2.89 bits per heavy atom. The predicted molar refractivity (Wildman–Crippen MR) is 72.7 cm³/mol. The van der Waals surface area contributed by atoms with Gasteiger partial charge in [-0.05, 0) is 29.3 Å². The van der Waals surface area contributed by atoms with Crippen molar-refractivity contribution in [2.24, 2.45) is 5.84 Å². The number of anilines is 1. The summed E-state index contributed by atoms with van der Waals surface area (Å²) in [5, 5.41) is 9.05. The van der Waals surface area contributed by atoms with Crippen molar-refractivity contribution in [2.45, 2.75) is 6.42 Å². The Hall–Kier alpha value is -1.90. The topological polar surface area (TPSA) is 74.7 Å². The third kappa shape index (κ3) is 1.58. The fourth-order valence-electron chi connectivity index (χ4n) is 2.26. The van der Waals surface area contributed by atoms with Crippen LogP contribution in [0.4, 0.5) is 5.82 Å². The van der Waals surface area contributed by atoms with Gasteiger partial charge in [-0.1, -0.05) is 22.0 Å². The molecule has 0 spiro atoms. The second-order valence-corrected chi connectivity index (χ2v) is 5.04. The number of nitrogens with zero attached hydrogens (tertiary/aromatic N) is 2. The quantitative estimate of drug-likeness (QED) is 0.535. The highest BCUT2D eigenvalue weighted by molar-refractivity contribution is 9.10. The van der Waals surface area contributed by atoms with Gasteiger partial charge in [0.15, 0.2) is 5.82 Å². The Bertz CT molecular complexity index is 688. The third-order valence-electron chi connectivity index (χ3n) is 3.06. The monoisotopic (exact) mass is 300 g/mol. The number of hydrazine groups is 1. The van der Waals surface area contributed by atoms with Gasteiger partial charge in [-0.3, -0.25) is 0 Å². The minimum atomic E-state index is 0.423. The Kier molecular flexibility index (Phi) is 2.54. The molecule has 1 heterocycles. The smallest absolute Gasteiger partial charge is 0.158 e. The first kappa shape index (κ1) is 11.2. The van der Waals surface area contributed by atoms with Gasteiger partial charge in [-0.25, -0.2) is 10.8 Å². The molecule has 0 saturated heterocycles. The van der Waals surface area contributed by atoms with Crippen molar-refractivity contribution in [3.63, 3.8) is 0 Å². The zero-order valence-electron chi connectivity index (χ0n) is 9.37. The maximum Gasteiger partial charge on any atom is 0.158 e. The summed E-state index contributed by atoms with van der Waals surface area (Å²) in [7, 11) is 0. The number of benzene rings is 1. The normalized spacial score (nSPS) is 11.6. The Morgan fingerprint density at radius 1 is 1.33 bits per heavy atom. The van der Waals surface area contributed by atoms with Crippen molar-refractivity contribution < 1.29 is 0 Å². The first-order valence-electron chi connectivity index (χ1n) is 5.42. The number of halogens is 1. The summed E-state index contributed by atoms with van der Waals surface area (Å²) in [6, 6.07) is 10.1. The van der Waals surface area contributed by atoms with Crippen molar-refractivity contribution in [3.05, 3.63) is 45.4 Å². The first-order chi connectivity index (χ1) is 8.72. The SMILES string of the molecule is N#Cc1cc2c(nc1NN)-c1ccc(Br)cc1C2. The van der Waals surface area contributed by atoms with Crippen molar-refractivity contribution in [3.8, 4) is 17.3 Å². The van der Waals surface area contributed by atoms with Gasteiger partial charge in [0.1, 0.15) is 6.07 Å². The predicted octanol–water partition coefficient (Wildman–Crippen LogP) is 2.57. The fraction of sp³-hybridized carbons (Fsp3) is 0.0769. The molecule has 1 aromatic carbocycles. The summed E-state index contributed by atoms with van der Waals surface area (Å²) in [5.74, 6) is 5.82. The maximum atomic E-state index is 9.05. The van der Waals surface area contributed by atoms with Crippen LogP contribution in [-0.4, -0.2) is 4.98 Å². The standard InChI is InChI=1S/C13H9BrN4/c14-10-1-2-11-7(5-10)3-8-4-9(6-15)13(18-16)17-12(8)11/h1-2,4-5H,3,16H2,(H,17,18). The minimum absolute atomic E-state index is 0.423. The van der Waals surface area contributed by atoms with Gasteiger partial charge in [0.25, 0.3) is 0 Å². The molecule has 0 saturated carbocycles. The number of pyridine rings is 1. The van der Waals surface area contributed by atoms with E-state index >= 15 is 0 Å². The molecule has 1 aliphatic rings. The number of nitrogens with one attached hydrogen (secondary N) is 1. The van der Waals surface area contributed by atoms with E-state index in [4.69, 9.17) is 11.1 Å². The van der Waals surface area contributed by atoms with Crippen molar-refractivity contribution in [2.75, 3.05) is 5.43 Å². The van der Waals surface area contributed by atoms with E-state index in [1.165, 1.54) is 5.56 Å². The maximum absolute atomic E-state index is 9.05. The van der Waals surface area contributed by atoms with Crippen LogP contribution in [0.25, 0.3) is 11.3 Å². The van der Waals surface area contributed by atoms with Crippen LogP contribution in [0, 0.1) is 11.3 Å². The van der Waals surface area contributed by atoms with E-state index in [2.05, 4.69) is 38.5 Å². The molecule has 18 heavy (non-hydrogen) atoms. The second kappa shape index (κ2) is 4.09. The van der Waals surface area contributed by atoms with Crippen LogP contribution in [0.15, 0.2) is 28.7 Å². The number of nitrogens with two attached hydrogens (primary N) is 1. The molecule has 3 rings (SSSR count). The molecule has 0 fully saturated rings. The molecule has 0 amide bonds. The third-order valence-corrected chi connectivity index (χ3v) is 3.56. The number of nitrogen functional groups attached to an aromatic ring is 1. The number of fused-ring (bicyclic) bond motifs is 3. The summed E-state index contributed by atoms with van der Waals surface area (Å²) in [4.78, 5) is 4.44. The second-order valence-electron chi connectivity index (χ2n) is 4.13. The van der Waals surface area contributed by atoms with E-state index in [0.29, 0.717) is 11.4 Å². The average Bonchev–Trinajstić information content (AvgIpc) is 2.73. The summed E-state index contributed by atoms with van der Waals surface area (Å²) >= 11 is 3.46. The molecule has 1 aliphatic carbocycles. The van der Waals surface area contributed by atoms with E-state index in [-0.39, 0.29) is 0 Å². The van der Waals surface area contributed by atoms with E-state index in [0.717, 1.165) is 27.7 Å². The largest absolute Gasteiger partial charge is 0.307 e. The molecule has 0 bridgehead atoms. The lowest BCUT2D eigenvalue weighted by atomic mass is 10.1. The Labute approximate surface area is 113 Å². The van der Waals surface area contributed by atoms with E-state index in [1.807, 2.05) is 18.2 Å². The molecule has 1 aromatic heterocycles. The lowest BCUT2D eigenvalue weighted by Crippen LogP contribution is -2.11. The Balaban J connectivity index is 2.22. The summed E-state index contributed by atoms with van der Waals surface area (Å²) in [6.45, 7) is 0. The summed E-state index contributed by atoms with van der Waals surface area (Å²) in [5.41, 5.74) is 7.24. The van der Waals surface area contributed by atoms with Crippen molar-refractivity contribution in [1.29, 1.82) is 5.26 Å². The van der Waals surface area contributed by atoms with Crippen molar-refractivity contribution in [1.82, 2.24) is 4.98 Å². The molecule has 5 heteroatoms. The molecule has 0 atom stereocenters.